The van der Waals surface area contributed by atoms with Crippen LogP contribution in [0.25, 0.3) is 0 Å². The maximum Gasteiger partial charge on any atom is 0.325 e. The first-order valence-electron chi connectivity index (χ1n) is 7.58. The molecule has 0 bridgehead atoms. The van der Waals surface area contributed by atoms with Crippen LogP contribution in [0.4, 0.5) is 0 Å². The van der Waals surface area contributed by atoms with Crippen molar-refractivity contribution in [2.75, 3.05) is 19.8 Å². The van der Waals surface area contributed by atoms with E-state index in [1.165, 1.54) is 19.3 Å². The Balaban J connectivity index is 3.45. The molecule has 4 nitrogen and oxygen atoms in total. The van der Waals surface area contributed by atoms with Gasteiger partial charge < -0.3 is 15.2 Å². The fraction of sp³-hybridized carbons (Fsp3) is 0.933. The molecule has 0 aromatic rings. The van der Waals surface area contributed by atoms with Gasteiger partial charge in [-0.3, -0.25) is 4.79 Å². The zero-order chi connectivity index (χ0) is 14.6. The average molecular weight is 273 g/mol. The van der Waals surface area contributed by atoms with Gasteiger partial charge in [-0.1, -0.05) is 26.2 Å². The highest BCUT2D eigenvalue weighted by molar-refractivity contribution is 5.79. The smallest absolute Gasteiger partial charge is 0.325 e. The van der Waals surface area contributed by atoms with E-state index in [4.69, 9.17) is 15.2 Å². The van der Waals surface area contributed by atoms with Crippen LogP contribution in [0.1, 0.15) is 65.7 Å². The minimum Gasteiger partial charge on any atom is -0.465 e. The van der Waals surface area contributed by atoms with Gasteiger partial charge >= 0.3 is 5.97 Å². The molecule has 0 spiro atoms. The fourth-order valence-electron chi connectivity index (χ4n) is 1.83. The number of carbonyl (C=O) groups is 1. The number of ether oxygens (including phenoxy) is 2. The maximum absolute atomic E-state index is 11.6. The average Bonchev–Trinajstić information content (AvgIpc) is 2.37. The lowest BCUT2D eigenvalue weighted by molar-refractivity contribution is -0.149. The Kier molecular flexibility index (Phi) is 10.9. The minimum absolute atomic E-state index is 0.310. The van der Waals surface area contributed by atoms with Crippen LogP contribution < -0.4 is 5.73 Å². The first-order chi connectivity index (χ1) is 9.04. The third-order valence-electron chi connectivity index (χ3n) is 3.12. The van der Waals surface area contributed by atoms with Gasteiger partial charge in [0, 0.05) is 13.2 Å². The van der Waals surface area contributed by atoms with Gasteiger partial charge in [-0.25, -0.2) is 0 Å². The highest BCUT2D eigenvalue weighted by Gasteiger charge is 2.28. The van der Waals surface area contributed by atoms with Gasteiger partial charge in [0.25, 0.3) is 0 Å². The summed E-state index contributed by atoms with van der Waals surface area (Å²) in [4.78, 5) is 11.6. The number of hydrogen-bond donors (Lipinski definition) is 1. The molecule has 0 aromatic heterocycles. The second kappa shape index (κ2) is 11.2. The number of nitrogens with two attached hydrogens (primary N) is 1. The van der Waals surface area contributed by atoms with E-state index in [-0.39, 0.29) is 5.97 Å². The van der Waals surface area contributed by atoms with Crippen molar-refractivity contribution >= 4 is 5.97 Å². The standard InChI is InChI=1S/C15H31NO3/c1-4-6-7-9-12-18-13-10-8-11-15(3,16)14(17)19-5-2/h4-13,16H2,1-3H3. The van der Waals surface area contributed by atoms with Crippen molar-refractivity contribution < 1.29 is 14.3 Å². The van der Waals surface area contributed by atoms with Gasteiger partial charge in [0.05, 0.1) is 6.61 Å². The molecule has 0 aliphatic rings. The highest BCUT2D eigenvalue weighted by Crippen LogP contribution is 2.13. The summed E-state index contributed by atoms with van der Waals surface area (Å²) in [6.45, 7) is 7.71. The zero-order valence-corrected chi connectivity index (χ0v) is 12.9. The van der Waals surface area contributed by atoms with Gasteiger partial charge in [0.15, 0.2) is 0 Å². The molecule has 0 aromatic carbocycles. The molecule has 19 heavy (non-hydrogen) atoms. The van der Waals surface area contributed by atoms with Crippen LogP contribution >= 0.6 is 0 Å². The van der Waals surface area contributed by atoms with Crippen molar-refractivity contribution in [1.29, 1.82) is 0 Å². The minimum atomic E-state index is -0.864. The number of rotatable bonds is 12. The van der Waals surface area contributed by atoms with Gasteiger partial charge in [-0.15, -0.1) is 0 Å². The molecule has 0 aliphatic carbocycles. The van der Waals surface area contributed by atoms with Crippen LogP contribution in [-0.4, -0.2) is 31.3 Å². The maximum atomic E-state index is 11.6. The molecule has 1 atom stereocenters. The van der Waals surface area contributed by atoms with Crippen LogP contribution in [0, 0.1) is 0 Å². The lowest BCUT2D eigenvalue weighted by atomic mass is 9.96. The normalized spacial score (nSPS) is 14.1. The molecule has 2 N–H and O–H groups in total. The molecule has 4 heteroatoms. The molecular formula is C15H31NO3. The monoisotopic (exact) mass is 273 g/mol. The second-order valence-electron chi connectivity index (χ2n) is 5.27. The van der Waals surface area contributed by atoms with Gasteiger partial charge in [-0.2, -0.15) is 0 Å². The molecule has 0 saturated carbocycles. The molecule has 0 rings (SSSR count). The second-order valence-corrected chi connectivity index (χ2v) is 5.27. The largest absolute Gasteiger partial charge is 0.465 e. The number of carbonyl (C=O) groups excluding carboxylic acids is 1. The summed E-state index contributed by atoms with van der Waals surface area (Å²) in [5.41, 5.74) is 5.06. The molecule has 0 heterocycles. The molecule has 0 radical (unpaired) electrons. The molecule has 114 valence electrons. The lowest BCUT2D eigenvalue weighted by Gasteiger charge is -2.21. The van der Waals surface area contributed by atoms with Crippen LogP contribution in [0.2, 0.25) is 0 Å². The van der Waals surface area contributed by atoms with Crippen molar-refractivity contribution in [3.05, 3.63) is 0 Å². The van der Waals surface area contributed by atoms with Gasteiger partial charge in [0.2, 0.25) is 0 Å². The molecule has 0 aliphatic heterocycles. The molecule has 0 saturated heterocycles. The summed E-state index contributed by atoms with van der Waals surface area (Å²) in [7, 11) is 0. The Morgan fingerprint density at radius 2 is 1.68 bits per heavy atom. The predicted octanol–water partition coefficient (Wildman–Crippen LogP) is 3.03. The Morgan fingerprint density at radius 3 is 2.26 bits per heavy atom. The summed E-state index contributed by atoms with van der Waals surface area (Å²) in [6.07, 6.45) is 7.41. The van der Waals surface area contributed by atoms with Crippen molar-refractivity contribution in [3.63, 3.8) is 0 Å². The van der Waals surface area contributed by atoms with Gasteiger partial charge in [0.1, 0.15) is 5.54 Å². The number of unbranched alkanes of at least 4 members (excludes halogenated alkanes) is 4. The first kappa shape index (κ1) is 18.4. The summed E-state index contributed by atoms with van der Waals surface area (Å²) in [5.74, 6) is -0.310. The lowest BCUT2D eigenvalue weighted by Crippen LogP contribution is -2.46. The summed E-state index contributed by atoms with van der Waals surface area (Å²) >= 11 is 0. The van der Waals surface area contributed by atoms with E-state index in [9.17, 15) is 4.79 Å². The SMILES string of the molecule is CCCCCCOCCCCC(C)(N)C(=O)OCC. The molecular weight excluding hydrogens is 242 g/mol. The van der Waals surface area contributed by atoms with Crippen LogP contribution in [0.5, 0.6) is 0 Å². The Morgan fingerprint density at radius 1 is 1.05 bits per heavy atom. The van der Waals surface area contributed by atoms with E-state index in [2.05, 4.69) is 6.92 Å². The molecule has 0 fully saturated rings. The van der Waals surface area contributed by atoms with Crippen molar-refractivity contribution in [1.82, 2.24) is 0 Å². The highest BCUT2D eigenvalue weighted by atomic mass is 16.5. The van der Waals surface area contributed by atoms with E-state index in [0.717, 1.165) is 32.5 Å². The van der Waals surface area contributed by atoms with E-state index in [1.807, 2.05) is 0 Å². The van der Waals surface area contributed by atoms with E-state index in [0.29, 0.717) is 13.0 Å². The molecule has 1 unspecified atom stereocenters. The summed E-state index contributed by atoms with van der Waals surface area (Å²) in [5, 5.41) is 0. The zero-order valence-electron chi connectivity index (χ0n) is 12.9. The van der Waals surface area contributed by atoms with E-state index >= 15 is 0 Å². The van der Waals surface area contributed by atoms with E-state index < -0.39 is 5.54 Å². The third-order valence-corrected chi connectivity index (χ3v) is 3.12. The number of esters is 1. The van der Waals surface area contributed by atoms with E-state index in [1.54, 1.807) is 13.8 Å². The van der Waals surface area contributed by atoms with Crippen molar-refractivity contribution in [2.24, 2.45) is 5.73 Å². The van der Waals surface area contributed by atoms with Crippen LogP contribution in [0.15, 0.2) is 0 Å². The predicted molar refractivity (Wildman–Crippen MR) is 78.0 cm³/mol. The van der Waals surface area contributed by atoms with Crippen LogP contribution in [-0.2, 0) is 14.3 Å². The van der Waals surface area contributed by atoms with Crippen LogP contribution in [0.3, 0.4) is 0 Å². The quantitative estimate of drug-likeness (QED) is 0.438. The van der Waals surface area contributed by atoms with Crippen molar-refractivity contribution in [3.8, 4) is 0 Å². The first-order valence-corrected chi connectivity index (χ1v) is 7.58. The fourth-order valence-corrected chi connectivity index (χ4v) is 1.83. The summed E-state index contributed by atoms with van der Waals surface area (Å²) in [6, 6.07) is 0. The number of hydrogen-bond acceptors (Lipinski definition) is 4. The van der Waals surface area contributed by atoms with Gasteiger partial charge in [-0.05, 0) is 39.5 Å². The summed E-state index contributed by atoms with van der Waals surface area (Å²) < 4.78 is 10.5. The Bertz CT molecular complexity index is 229. The molecule has 0 amide bonds. The third kappa shape index (κ3) is 9.91. The Labute approximate surface area is 118 Å². The Hall–Kier alpha value is -0.610. The van der Waals surface area contributed by atoms with Crippen molar-refractivity contribution in [2.45, 2.75) is 71.3 Å². The topological polar surface area (TPSA) is 61.5 Å².